The normalized spacial score (nSPS) is 17.5. The second-order valence-corrected chi connectivity index (χ2v) is 5.52. The van der Waals surface area contributed by atoms with E-state index in [0.29, 0.717) is 23.3 Å². The van der Waals surface area contributed by atoms with Crippen LogP contribution in [0.15, 0.2) is 0 Å². The Bertz CT molecular complexity index is 136. The lowest BCUT2D eigenvalue weighted by Crippen LogP contribution is -2.41. The molecule has 13 heavy (non-hydrogen) atoms. The molecular formula is C11H26N2. The van der Waals surface area contributed by atoms with Gasteiger partial charge in [-0.2, -0.15) is 0 Å². The number of hydrogen-bond acceptors (Lipinski definition) is 2. The topological polar surface area (TPSA) is 38.0 Å². The molecule has 0 aliphatic carbocycles. The van der Waals surface area contributed by atoms with E-state index in [1.807, 2.05) is 0 Å². The molecule has 2 nitrogen and oxygen atoms in total. The van der Waals surface area contributed by atoms with Crippen molar-refractivity contribution >= 4 is 0 Å². The SMILES string of the molecule is CC(C)C(CC(C)C(C)(C)C)NN. The molecule has 0 bridgehead atoms. The lowest BCUT2D eigenvalue weighted by atomic mass is 9.77. The summed E-state index contributed by atoms with van der Waals surface area (Å²) in [5.74, 6) is 6.81. The molecule has 0 spiro atoms. The molecule has 0 aromatic carbocycles. The third-order valence-corrected chi connectivity index (χ3v) is 3.10. The third-order valence-electron chi connectivity index (χ3n) is 3.10. The van der Waals surface area contributed by atoms with Crippen molar-refractivity contribution in [2.75, 3.05) is 0 Å². The van der Waals surface area contributed by atoms with E-state index in [1.54, 1.807) is 0 Å². The Labute approximate surface area is 83.2 Å². The van der Waals surface area contributed by atoms with E-state index in [0.717, 1.165) is 6.42 Å². The standard InChI is InChI=1S/C11H26N2/c1-8(2)10(13-12)7-9(3)11(4,5)6/h8-10,13H,7,12H2,1-6H3. The predicted molar refractivity (Wildman–Crippen MR) is 59.2 cm³/mol. The molecule has 2 unspecified atom stereocenters. The third kappa shape index (κ3) is 4.63. The van der Waals surface area contributed by atoms with Crippen LogP contribution in [-0.4, -0.2) is 6.04 Å². The van der Waals surface area contributed by atoms with Gasteiger partial charge >= 0.3 is 0 Å². The number of hydrazine groups is 1. The van der Waals surface area contributed by atoms with Crippen molar-refractivity contribution in [2.24, 2.45) is 23.1 Å². The first-order valence-corrected chi connectivity index (χ1v) is 5.25. The van der Waals surface area contributed by atoms with Crippen LogP contribution in [-0.2, 0) is 0 Å². The summed E-state index contributed by atoms with van der Waals surface area (Å²) < 4.78 is 0. The number of nitrogens with two attached hydrogens (primary N) is 1. The Morgan fingerprint density at radius 3 is 1.85 bits per heavy atom. The maximum atomic E-state index is 5.52. The Kier molecular flexibility index (Phi) is 4.93. The summed E-state index contributed by atoms with van der Waals surface area (Å²) in [6, 6.07) is 0.439. The first-order chi connectivity index (χ1) is 5.79. The van der Waals surface area contributed by atoms with Crippen LogP contribution < -0.4 is 11.3 Å². The molecule has 0 rings (SSSR count). The Morgan fingerprint density at radius 1 is 1.15 bits per heavy atom. The second-order valence-electron chi connectivity index (χ2n) is 5.52. The molecule has 0 heterocycles. The molecule has 2 atom stereocenters. The predicted octanol–water partition coefficient (Wildman–Crippen LogP) is 2.55. The van der Waals surface area contributed by atoms with Crippen LogP contribution >= 0.6 is 0 Å². The van der Waals surface area contributed by atoms with E-state index in [9.17, 15) is 0 Å². The van der Waals surface area contributed by atoms with Crippen molar-refractivity contribution in [3.8, 4) is 0 Å². The van der Waals surface area contributed by atoms with Gasteiger partial charge in [-0.1, -0.05) is 41.5 Å². The smallest absolute Gasteiger partial charge is 0.0236 e. The van der Waals surface area contributed by atoms with E-state index < -0.39 is 0 Å². The van der Waals surface area contributed by atoms with Crippen molar-refractivity contribution in [3.05, 3.63) is 0 Å². The molecule has 0 aliphatic rings. The zero-order chi connectivity index (χ0) is 10.6. The van der Waals surface area contributed by atoms with Crippen LogP contribution in [0, 0.1) is 17.3 Å². The molecule has 0 amide bonds. The summed E-state index contributed by atoms with van der Waals surface area (Å²) in [5.41, 5.74) is 3.28. The van der Waals surface area contributed by atoms with E-state index in [4.69, 9.17) is 5.84 Å². The molecule has 0 fully saturated rings. The first-order valence-electron chi connectivity index (χ1n) is 5.25. The van der Waals surface area contributed by atoms with Crippen molar-refractivity contribution < 1.29 is 0 Å². The number of nitrogens with one attached hydrogen (secondary N) is 1. The van der Waals surface area contributed by atoms with Gasteiger partial charge in [-0.05, 0) is 23.7 Å². The molecular weight excluding hydrogens is 160 g/mol. The minimum Gasteiger partial charge on any atom is -0.271 e. The fourth-order valence-corrected chi connectivity index (χ4v) is 1.27. The van der Waals surface area contributed by atoms with Gasteiger partial charge in [0.2, 0.25) is 0 Å². The van der Waals surface area contributed by atoms with Gasteiger partial charge in [-0.3, -0.25) is 11.3 Å². The van der Waals surface area contributed by atoms with Gasteiger partial charge in [0.1, 0.15) is 0 Å². The molecule has 80 valence electrons. The van der Waals surface area contributed by atoms with Crippen LogP contribution in [0.5, 0.6) is 0 Å². The van der Waals surface area contributed by atoms with Gasteiger partial charge in [0.25, 0.3) is 0 Å². The summed E-state index contributed by atoms with van der Waals surface area (Å²) in [6.45, 7) is 13.6. The maximum Gasteiger partial charge on any atom is 0.0236 e. The van der Waals surface area contributed by atoms with Gasteiger partial charge in [-0.25, -0.2) is 0 Å². The van der Waals surface area contributed by atoms with Gasteiger partial charge in [0.15, 0.2) is 0 Å². The van der Waals surface area contributed by atoms with Gasteiger partial charge in [-0.15, -0.1) is 0 Å². The minimum atomic E-state index is 0.379. The fraction of sp³-hybridized carbons (Fsp3) is 1.00. The highest BCUT2D eigenvalue weighted by molar-refractivity contribution is 4.77. The molecule has 0 aromatic rings. The van der Waals surface area contributed by atoms with Crippen LogP contribution in [0.25, 0.3) is 0 Å². The average molecular weight is 186 g/mol. The van der Waals surface area contributed by atoms with Gasteiger partial charge in [0, 0.05) is 6.04 Å². The molecule has 0 aromatic heterocycles. The first kappa shape index (κ1) is 12.9. The summed E-state index contributed by atoms with van der Waals surface area (Å²) in [7, 11) is 0. The largest absolute Gasteiger partial charge is 0.271 e. The van der Waals surface area contributed by atoms with Crippen molar-refractivity contribution in [2.45, 2.75) is 54.0 Å². The molecule has 0 aliphatic heterocycles. The molecule has 0 saturated heterocycles. The van der Waals surface area contributed by atoms with Crippen molar-refractivity contribution in [1.82, 2.24) is 5.43 Å². The Hall–Kier alpha value is -0.0800. The van der Waals surface area contributed by atoms with Crippen molar-refractivity contribution in [3.63, 3.8) is 0 Å². The van der Waals surface area contributed by atoms with Gasteiger partial charge in [0.05, 0.1) is 0 Å². The van der Waals surface area contributed by atoms with E-state index in [-0.39, 0.29) is 0 Å². The van der Waals surface area contributed by atoms with E-state index >= 15 is 0 Å². The lowest BCUT2D eigenvalue weighted by Gasteiger charge is -2.32. The maximum absolute atomic E-state index is 5.52. The molecule has 3 N–H and O–H groups in total. The minimum absolute atomic E-state index is 0.379. The second kappa shape index (κ2) is 4.97. The zero-order valence-electron chi connectivity index (χ0n) is 10.0. The zero-order valence-corrected chi connectivity index (χ0v) is 10.0. The van der Waals surface area contributed by atoms with Crippen LogP contribution in [0.3, 0.4) is 0 Å². The summed E-state index contributed by atoms with van der Waals surface area (Å²) in [5, 5.41) is 0. The highest BCUT2D eigenvalue weighted by Gasteiger charge is 2.24. The Morgan fingerprint density at radius 2 is 1.62 bits per heavy atom. The average Bonchev–Trinajstić information content (AvgIpc) is 1.96. The molecule has 0 saturated carbocycles. The summed E-state index contributed by atoms with van der Waals surface area (Å²) >= 11 is 0. The lowest BCUT2D eigenvalue weighted by molar-refractivity contribution is 0.205. The van der Waals surface area contributed by atoms with E-state index in [1.165, 1.54) is 0 Å². The van der Waals surface area contributed by atoms with Crippen LogP contribution in [0.4, 0.5) is 0 Å². The quantitative estimate of drug-likeness (QED) is 0.523. The highest BCUT2D eigenvalue weighted by atomic mass is 15.2. The summed E-state index contributed by atoms with van der Waals surface area (Å²) in [6.07, 6.45) is 1.15. The highest BCUT2D eigenvalue weighted by Crippen LogP contribution is 2.30. The van der Waals surface area contributed by atoms with Crippen molar-refractivity contribution in [1.29, 1.82) is 0 Å². The Balaban J connectivity index is 4.09. The van der Waals surface area contributed by atoms with E-state index in [2.05, 4.69) is 47.0 Å². The monoisotopic (exact) mass is 186 g/mol. The van der Waals surface area contributed by atoms with Gasteiger partial charge < -0.3 is 0 Å². The fourth-order valence-electron chi connectivity index (χ4n) is 1.27. The molecule has 2 heteroatoms. The van der Waals surface area contributed by atoms with Crippen LogP contribution in [0.1, 0.15) is 48.0 Å². The number of hydrogen-bond donors (Lipinski definition) is 2. The van der Waals surface area contributed by atoms with Crippen LogP contribution in [0.2, 0.25) is 0 Å². The number of rotatable bonds is 4. The summed E-state index contributed by atoms with van der Waals surface area (Å²) in [4.78, 5) is 0. The molecule has 0 radical (unpaired) electrons.